The van der Waals surface area contributed by atoms with Crippen molar-refractivity contribution in [3.05, 3.63) is 22.2 Å². The van der Waals surface area contributed by atoms with Crippen molar-refractivity contribution in [2.24, 2.45) is 0 Å². The molecule has 6 heteroatoms. The van der Waals surface area contributed by atoms with Gasteiger partial charge in [0.2, 0.25) is 0 Å². The summed E-state index contributed by atoms with van der Waals surface area (Å²) in [6, 6.07) is 4.06. The lowest BCUT2D eigenvalue weighted by Gasteiger charge is -2.27. The van der Waals surface area contributed by atoms with Crippen LogP contribution < -0.4 is 14.9 Å². The number of hydrogen-bond donors (Lipinski definition) is 1. The maximum atomic E-state index is 5.59. The molecular weight excluding hydrogens is 324 g/mol. The van der Waals surface area contributed by atoms with Gasteiger partial charge in [-0.15, -0.1) is 0 Å². The number of nitrogens with one attached hydrogen (secondary N) is 1. The second-order valence-electron chi connectivity index (χ2n) is 4.48. The average Bonchev–Trinajstić information content (AvgIpc) is 2.48. The molecule has 1 aliphatic rings. The molecule has 0 aromatic heterocycles. The third-order valence-corrected chi connectivity index (χ3v) is 3.68. The Kier molecular flexibility index (Phi) is 6.09. The number of nitrogens with zero attached hydrogens (tertiary/aromatic N) is 1. The van der Waals surface area contributed by atoms with Crippen LogP contribution in [0.25, 0.3) is 0 Å². The van der Waals surface area contributed by atoms with Gasteiger partial charge in [0.05, 0.1) is 31.4 Å². The first-order valence-electron chi connectivity index (χ1n) is 6.80. The van der Waals surface area contributed by atoms with Crippen LogP contribution in [0.4, 0.5) is 0 Å². The van der Waals surface area contributed by atoms with Crippen LogP contribution in [0.3, 0.4) is 0 Å². The van der Waals surface area contributed by atoms with E-state index >= 15 is 0 Å². The van der Waals surface area contributed by atoms with Crippen LogP contribution in [0.15, 0.2) is 16.6 Å². The minimum atomic E-state index is 0.611. The predicted octanol–water partition coefficient (Wildman–Crippen LogP) is 2.19. The predicted molar refractivity (Wildman–Crippen MR) is 81.1 cm³/mol. The molecule has 112 valence electrons. The van der Waals surface area contributed by atoms with E-state index in [0.29, 0.717) is 6.61 Å². The molecule has 1 N–H and O–H groups in total. The Morgan fingerprint density at radius 1 is 1.35 bits per heavy atom. The van der Waals surface area contributed by atoms with Gasteiger partial charge in [0.1, 0.15) is 0 Å². The normalized spacial score (nSPS) is 16.1. The molecule has 20 heavy (non-hydrogen) atoms. The maximum Gasteiger partial charge on any atom is 0.175 e. The van der Waals surface area contributed by atoms with Crippen molar-refractivity contribution in [3.8, 4) is 11.5 Å². The van der Waals surface area contributed by atoms with E-state index in [0.717, 1.165) is 54.4 Å². The summed E-state index contributed by atoms with van der Waals surface area (Å²) in [5.74, 6) is 1.50. The van der Waals surface area contributed by atoms with Crippen LogP contribution in [0.1, 0.15) is 12.5 Å². The number of morpholine rings is 1. The molecule has 5 nitrogen and oxygen atoms in total. The van der Waals surface area contributed by atoms with E-state index in [1.54, 1.807) is 7.11 Å². The summed E-state index contributed by atoms with van der Waals surface area (Å²) in [5.41, 5.74) is 4.55. The smallest absolute Gasteiger partial charge is 0.175 e. The van der Waals surface area contributed by atoms with Crippen molar-refractivity contribution in [2.45, 2.75) is 13.5 Å². The summed E-state index contributed by atoms with van der Waals surface area (Å²) in [5, 5.41) is 2.18. The molecule has 0 radical (unpaired) electrons. The van der Waals surface area contributed by atoms with E-state index in [4.69, 9.17) is 14.2 Å². The van der Waals surface area contributed by atoms with Crippen LogP contribution in [-0.4, -0.2) is 45.0 Å². The van der Waals surface area contributed by atoms with Crippen LogP contribution in [0, 0.1) is 0 Å². The zero-order valence-corrected chi connectivity index (χ0v) is 13.5. The number of hydrogen-bond acceptors (Lipinski definition) is 5. The Balaban J connectivity index is 2.02. The van der Waals surface area contributed by atoms with Gasteiger partial charge in [0, 0.05) is 19.6 Å². The topological polar surface area (TPSA) is 43.0 Å². The van der Waals surface area contributed by atoms with E-state index in [9.17, 15) is 0 Å². The molecule has 1 fully saturated rings. The lowest BCUT2D eigenvalue weighted by molar-refractivity contribution is 0.0105. The fraction of sp³-hybridized carbons (Fsp3) is 0.571. The molecule has 0 saturated carbocycles. The number of ether oxygens (including phenoxy) is 3. The monoisotopic (exact) mass is 344 g/mol. The van der Waals surface area contributed by atoms with Crippen molar-refractivity contribution in [2.75, 3.05) is 40.0 Å². The molecule has 0 unspecified atom stereocenters. The summed E-state index contributed by atoms with van der Waals surface area (Å²) in [6.45, 7) is 6.71. The van der Waals surface area contributed by atoms with Gasteiger partial charge in [-0.2, -0.15) is 0 Å². The second-order valence-corrected chi connectivity index (χ2v) is 5.33. The van der Waals surface area contributed by atoms with Gasteiger partial charge in [0.15, 0.2) is 11.5 Å². The van der Waals surface area contributed by atoms with Crippen molar-refractivity contribution < 1.29 is 14.2 Å². The van der Waals surface area contributed by atoms with E-state index < -0.39 is 0 Å². The Hall–Kier alpha value is -0.820. The van der Waals surface area contributed by atoms with E-state index in [1.807, 2.05) is 13.0 Å². The van der Waals surface area contributed by atoms with E-state index in [-0.39, 0.29) is 0 Å². The fourth-order valence-electron chi connectivity index (χ4n) is 2.08. The highest BCUT2D eigenvalue weighted by atomic mass is 79.9. The van der Waals surface area contributed by atoms with Crippen molar-refractivity contribution in [3.63, 3.8) is 0 Å². The molecule has 0 spiro atoms. The standard InChI is InChI=1S/C14H21BrN2O3/c1-3-20-14-12(15)8-11(9-13(14)18-2)10-16-17-4-6-19-7-5-17/h8-9,16H,3-7,10H2,1-2H3. The molecule has 1 heterocycles. The first kappa shape index (κ1) is 15.6. The molecule has 2 rings (SSSR count). The molecule has 0 aliphatic carbocycles. The molecular formula is C14H21BrN2O3. The number of methoxy groups -OCH3 is 1. The second kappa shape index (κ2) is 7.83. The first-order valence-corrected chi connectivity index (χ1v) is 7.59. The van der Waals surface area contributed by atoms with E-state index in [2.05, 4.69) is 32.4 Å². The maximum absolute atomic E-state index is 5.59. The van der Waals surface area contributed by atoms with Gasteiger partial charge in [-0.3, -0.25) is 5.43 Å². The highest BCUT2D eigenvalue weighted by Gasteiger charge is 2.13. The molecule has 1 aromatic carbocycles. The number of rotatable bonds is 6. The zero-order valence-electron chi connectivity index (χ0n) is 11.9. The number of hydrazine groups is 1. The quantitative estimate of drug-likeness (QED) is 0.856. The van der Waals surface area contributed by atoms with Gasteiger partial charge >= 0.3 is 0 Å². The van der Waals surface area contributed by atoms with E-state index in [1.165, 1.54) is 0 Å². The van der Waals surface area contributed by atoms with Crippen LogP contribution >= 0.6 is 15.9 Å². The van der Waals surface area contributed by atoms with Crippen LogP contribution in [-0.2, 0) is 11.3 Å². The summed E-state index contributed by atoms with van der Waals surface area (Å²) < 4.78 is 17.2. The lowest BCUT2D eigenvalue weighted by atomic mass is 10.2. The first-order chi connectivity index (χ1) is 9.74. The number of benzene rings is 1. The van der Waals surface area contributed by atoms with Gasteiger partial charge in [-0.1, -0.05) is 0 Å². The van der Waals surface area contributed by atoms with Gasteiger partial charge in [-0.05, 0) is 40.5 Å². The minimum Gasteiger partial charge on any atom is -0.493 e. The third-order valence-electron chi connectivity index (χ3n) is 3.10. The molecule has 0 atom stereocenters. The highest BCUT2D eigenvalue weighted by Crippen LogP contribution is 2.36. The van der Waals surface area contributed by atoms with Crippen LogP contribution in [0.2, 0.25) is 0 Å². The summed E-state index contributed by atoms with van der Waals surface area (Å²) in [7, 11) is 1.66. The fourth-order valence-corrected chi connectivity index (χ4v) is 2.69. The molecule has 1 saturated heterocycles. The van der Waals surface area contributed by atoms with Crippen molar-refractivity contribution in [1.82, 2.24) is 10.4 Å². The lowest BCUT2D eigenvalue weighted by Crippen LogP contribution is -2.45. The molecule has 1 aromatic rings. The summed E-state index contributed by atoms with van der Waals surface area (Å²) >= 11 is 3.54. The van der Waals surface area contributed by atoms with Gasteiger partial charge in [-0.25, -0.2) is 5.01 Å². The SMILES string of the molecule is CCOc1c(Br)cc(CNN2CCOCC2)cc1OC. The summed E-state index contributed by atoms with van der Waals surface area (Å²) in [4.78, 5) is 0. The highest BCUT2D eigenvalue weighted by molar-refractivity contribution is 9.10. The Morgan fingerprint density at radius 2 is 2.10 bits per heavy atom. The largest absolute Gasteiger partial charge is 0.493 e. The Labute approximate surface area is 128 Å². The Morgan fingerprint density at radius 3 is 2.75 bits per heavy atom. The number of halogens is 1. The molecule has 1 aliphatic heterocycles. The zero-order chi connectivity index (χ0) is 14.4. The average molecular weight is 345 g/mol. The van der Waals surface area contributed by atoms with Crippen molar-refractivity contribution >= 4 is 15.9 Å². The Bertz CT molecular complexity index is 437. The van der Waals surface area contributed by atoms with Crippen molar-refractivity contribution in [1.29, 1.82) is 0 Å². The molecule has 0 bridgehead atoms. The third kappa shape index (κ3) is 4.09. The van der Waals surface area contributed by atoms with Crippen LogP contribution in [0.5, 0.6) is 11.5 Å². The molecule has 0 amide bonds. The summed E-state index contributed by atoms with van der Waals surface area (Å²) in [6.07, 6.45) is 0. The van der Waals surface area contributed by atoms with Gasteiger partial charge < -0.3 is 14.2 Å². The minimum absolute atomic E-state index is 0.611. The van der Waals surface area contributed by atoms with Gasteiger partial charge in [0.25, 0.3) is 0 Å².